The summed E-state index contributed by atoms with van der Waals surface area (Å²) >= 11 is 1.70. The zero-order chi connectivity index (χ0) is 11.5. The lowest BCUT2D eigenvalue weighted by molar-refractivity contribution is 1.16. The van der Waals surface area contributed by atoms with Crippen LogP contribution in [0.4, 0.5) is 5.69 Å². The van der Waals surface area contributed by atoms with Crippen molar-refractivity contribution in [1.29, 1.82) is 0 Å². The number of fused-ring (bicyclic) bond motifs is 1. The Bertz CT molecular complexity index is 612. The molecule has 0 aliphatic heterocycles. The SMILES string of the molecule is c1ccc2c(CNc3ccsc3)ccnc2c1. The number of hydrogen-bond acceptors (Lipinski definition) is 3. The van der Waals surface area contributed by atoms with Gasteiger partial charge in [0.2, 0.25) is 0 Å². The van der Waals surface area contributed by atoms with Gasteiger partial charge in [-0.1, -0.05) is 18.2 Å². The molecule has 3 rings (SSSR count). The van der Waals surface area contributed by atoms with E-state index in [4.69, 9.17) is 0 Å². The van der Waals surface area contributed by atoms with E-state index in [2.05, 4.69) is 45.3 Å². The van der Waals surface area contributed by atoms with Crippen molar-refractivity contribution in [3.05, 3.63) is 58.9 Å². The lowest BCUT2D eigenvalue weighted by Crippen LogP contribution is -1.99. The molecule has 3 aromatic rings. The van der Waals surface area contributed by atoms with Gasteiger partial charge in [-0.2, -0.15) is 11.3 Å². The Morgan fingerprint density at radius 1 is 1.12 bits per heavy atom. The number of anilines is 1. The fourth-order valence-corrected chi connectivity index (χ4v) is 2.48. The maximum Gasteiger partial charge on any atom is 0.0705 e. The highest BCUT2D eigenvalue weighted by Gasteiger charge is 2.00. The standard InChI is InChI=1S/C14H12N2S/c1-2-4-14-13(3-1)11(5-7-15-14)9-16-12-6-8-17-10-12/h1-8,10,16H,9H2. The van der Waals surface area contributed by atoms with Crippen molar-refractivity contribution < 1.29 is 0 Å². The number of nitrogens with one attached hydrogen (secondary N) is 1. The first kappa shape index (κ1) is 10.3. The van der Waals surface area contributed by atoms with Crippen molar-refractivity contribution >= 4 is 27.9 Å². The second kappa shape index (κ2) is 4.55. The Labute approximate surface area is 104 Å². The smallest absolute Gasteiger partial charge is 0.0705 e. The van der Waals surface area contributed by atoms with E-state index in [1.54, 1.807) is 11.3 Å². The first-order valence-corrected chi connectivity index (χ1v) is 6.46. The van der Waals surface area contributed by atoms with Crippen LogP contribution in [-0.4, -0.2) is 4.98 Å². The predicted octanol–water partition coefficient (Wildman–Crippen LogP) is 3.91. The van der Waals surface area contributed by atoms with Crippen molar-refractivity contribution in [2.24, 2.45) is 0 Å². The number of benzene rings is 1. The Kier molecular flexibility index (Phi) is 2.76. The number of nitrogens with zero attached hydrogens (tertiary/aromatic N) is 1. The van der Waals surface area contributed by atoms with Crippen molar-refractivity contribution in [2.75, 3.05) is 5.32 Å². The summed E-state index contributed by atoms with van der Waals surface area (Å²) in [6.45, 7) is 0.833. The van der Waals surface area contributed by atoms with Gasteiger partial charge in [0.15, 0.2) is 0 Å². The van der Waals surface area contributed by atoms with E-state index < -0.39 is 0 Å². The van der Waals surface area contributed by atoms with Gasteiger partial charge in [0.25, 0.3) is 0 Å². The number of aromatic nitrogens is 1. The number of hydrogen-bond donors (Lipinski definition) is 1. The Morgan fingerprint density at radius 3 is 2.94 bits per heavy atom. The van der Waals surface area contributed by atoms with Crippen LogP contribution in [0.2, 0.25) is 0 Å². The van der Waals surface area contributed by atoms with Gasteiger partial charge in [0.1, 0.15) is 0 Å². The fraction of sp³-hybridized carbons (Fsp3) is 0.0714. The van der Waals surface area contributed by atoms with Crippen LogP contribution >= 0.6 is 11.3 Å². The maximum absolute atomic E-state index is 4.36. The van der Waals surface area contributed by atoms with E-state index in [-0.39, 0.29) is 0 Å². The highest BCUT2D eigenvalue weighted by atomic mass is 32.1. The molecule has 0 bridgehead atoms. The van der Waals surface area contributed by atoms with Gasteiger partial charge in [0, 0.05) is 29.2 Å². The zero-order valence-corrected chi connectivity index (χ0v) is 10.1. The molecule has 0 aliphatic rings. The molecule has 17 heavy (non-hydrogen) atoms. The molecular formula is C14H12N2S. The topological polar surface area (TPSA) is 24.9 Å². The molecule has 0 radical (unpaired) electrons. The third-order valence-corrected chi connectivity index (χ3v) is 3.43. The Morgan fingerprint density at radius 2 is 2.06 bits per heavy atom. The summed E-state index contributed by atoms with van der Waals surface area (Å²) in [4.78, 5) is 4.36. The van der Waals surface area contributed by atoms with Gasteiger partial charge in [-0.25, -0.2) is 0 Å². The molecule has 3 heteroatoms. The number of pyridine rings is 1. The minimum absolute atomic E-state index is 0.833. The summed E-state index contributed by atoms with van der Waals surface area (Å²) in [5.41, 5.74) is 3.51. The first-order chi connectivity index (χ1) is 8.43. The van der Waals surface area contributed by atoms with Crippen molar-refractivity contribution in [3.8, 4) is 0 Å². The van der Waals surface area contributed by atoms with Crippen LogP contribution < -0.4 is 5.32 Å². The summed E-state index contributed by atoms with van der Waals surface area (Å²) in [5, 5.41) is 8.83. The molecule has 84 valence electrons. The number of rotatable bonds is 3. The molecule has 0 saturated heterocycles. The van der Waals surface area contributed by atoms with Crippen molar-refractivity contribution in [3.63, 3.8) is 0 Å². The molecule has 1 N–H and O–H groups in total. The largest absolute Gasteiger partial charge is 0.380 e. The summed E-state index contributed by atoms with van der Waals surface area (Å²) in [5.74, 6) is 0. The average molecular weight is 240 g/mol. The van der Waals surface area contributed by atoms with Crippen LogP contribution in [0.25, 0.3) is 10.9 Å². The van der Waals surface area contributed by atoms with E-state index in [1.807, 2.05) is 18.3 Å². The maximum atomic E-state index is 4.36. The van der Waals surface area contributed by atoms with Crippen LogP contribution in [-0.2, 0) is 6.54 Å². The van der Waals surface area contributed by atoms with Crippen LogP contribution in [0.5, 0.6) is 0 Å². The van der Waals surface area contributed by atoms with Gasteiger partial charge in [-0.15, -0.1) is 0 Å². The summed E-state index contributed by atoms with van der Waals surface area (Å²) in [6.07, 6.45) is 1.87. The molecular weight excluding hydrogens is 228 g/mol. The molecule has 0 amide bonds. The highest BCUT2D eigenvalue weighted by molar-refractivity contribution is 7.08. The Balaban J connectivity index is 1.90. The van der Waals surface area contributed by atoms with Gasteiger partial charge in [-0.3, -0.25) is 4.98 Å². The van der Waals surface area contributed by atoms with Gasteiger partial charge >= 0.3 is 0 Å². The van der Waals surface area contributed by atoms with E-state index in [0.717, 1.165) is 12.1 Å². The molecule has 0 unspecified atom stereocenters. The van der Waals surface area contributed by atoms with Crippen molar-refractivity contribution in [2.45, 2.75) is 6.54 Å². The van der Waals surface area contributed by atoms with E-state index in [1.165, 1.54) is 16.6 Å². The average Bonchev–Trinajstić information content (AvgIpc) is 2.89. The molecule has 0 fully saturated rings. The van der Waals surface area contributed by atoms with Gasteiger partial charge in [0.05, 0.1) is 5.52 Å². The molecule has 0 atom stereocenters. The molecule has 2 heterocycles. The van der Waals surface area contributed by atoms with E-state index in [9.17, 15) is 0 Å². The van der Waals surface area contributed by atoms with Crippen LogP contribution in [0.1, 0.15) is 5.56 Å². The summed E-state index contributed by atoms with van der Waals surface area (Å²) in [7, 11) is 0. The third kappa shape index (κ3) is 2.15. The number of thiophene rings is 1. The second-order valence-electron chi connectivity index (χ2n) is 3.85. The monoisotopic (exact) mass is 240 g/mol. The normalized spacial score (nSPS) is 10.6. The highest BCUT2D eigenvalue weighted by Crippen LogP contribution is 2.18. The molecule has 0 aliphatic carbocycles. The first-order valence-electron chi connectivity index (χ1n) is 5.52. The molecule has 0 saturated carbocycles. The quantitative estimate of drug-likeness (QED) is 0.750. The van der Waals surface area contributed by atoms with E-state index in [0.29, 0.717) is 0 Å². The third-order valence-electron chi connectivity index (χ3n) is 2.74. The molecule has 2 aromatic heterocycles. The predicted molar refractivity (Wildman–Crippen MR) is 73.4 cm³/mol. The lowest BCUT2D eigenvalue weighted by Gasteiger charge is -2.07. The Hall–Kier alpha value is -1.87. The van der Waals surface area contributed by atoms with Crippen LogP contribution in [0.3, 0.4) is 0 Å². The lowest BCUT2D eigenvalue weighted by atomic mass is 10.1. The van der Waals surface area contributed by atoms with Crippen molar-refractivity contribution in [1.82, 2.24) is 4.98 Å². The van der Waals surface area contributed by atoms with Gasteiger partial charge < -0.3 is 5.32 Å². The zero-order valence-electron chi connectivity index (χ0n) is 9.26. The summed E-state index contributed by atoms with van der Waals surface area (Å²) in [6, 6.07) is 12.4. The minimum atomic E-state index is 0.833. The van der Waals surface area contributed by atoms with E-state index >= 15 is 0 Å². The van der Waals surface area contributed by atoms with Crippen LogP contribution in [0.15, 0.2) is 53.4 Å². The minimum Gasteiger partial charge on any atom is -0.380 e. The fourth-order valence-electron chi connectivity index (χ4n) is 1.87. The molecule has 0 spiro atoms. The van der Waals surface area contributed by atoms with Crippen LogP contribution in [0, 0.1) is 0 Å². The molecule has 2 nitrogen and oxygen atoms in total. The summed E-state index contributed by atoms with van der Waals surface area (Å²) < 4.78 is 0. The van der Waals surface area contributed by atoms with Gasteiger partial charge in [-0.05, 0) is 29.1 Å². The second-order valence-corrected chi connectivity index (χ2v) is 4.63. The number of para-hydroxylation sites is 1. The molecule has 1 aromatic carbocycles.